The van der Waals surface area contributed by atoms with Gasteiger partial charge in [-0.25, -0.2) is 0 Å². The normalized spacial score (nSPS) is 16.5. The Hall–Kier alpha value is -1.44. The van der Waals surface area contributed by atoms with Crippen LogP contribution in [-0.4, -0.2) is 37.6 Å². The van der Waals surface area contributed by atoms with E-state index >= 15 is 0 Å². The van der Waals surface area contributed by atoms with Crippen molar-refractivity contribution in [3.8, 4) is 0 Å². The van der Waals surface area contributed by atoms with E-state index in [4.69, 9.17) is 10.5 Å². The number of amides is 2. The Labute approximate surface area is 150 Å². The zero-order chi connectivity index (χ0) is 17.5. The second-order valence-electron chi connectivity index (χ2n) is 6.02. The van der Waals surface area contributed by atoms with Crippen LogP contribution in [0.4, 0.5) is 5.69 Å². The Kier molecular flexibility index (Phi) is 7.20. The number of nitrogens with two attached hydrogens (primary N) is 1. The van der Waals surface area contributed by atoms with Crippen LogP contribution in [0.25, 0.3) is 0 Å². The average Bonchev–Trinajstić information content (AvgIpc) is 2.57. The Balaban J connectivity index is 1.72. The molecule has 1 fully saturated rings. The van der Waals surface area contributed by atoms with E-state index in [1.165, 1.54) is 0 Å². The molecule has 2 amide bonds. The van der Waals surface area contributed by atoms with Crippen LogP contribution in [-0.2, 0) is 14.3 Å². The van der Waals surface area contributed by atoms with Gasteiger partial charge in [0.25, 0.3) is 0 Å². The van der Waals surface area contributed by atoms with Crippen molar-refractivity contribution in [2.24, 2.45) is 11.7 Å². The number of carbonyl (C=O) groups is 2. The first-order valence-electron chi connectivity index (χ1n) is 8.14. The van der Waals surface area contributed by atoms with E-state index in [2.05, 4.69) is 26.6 Å². The molecule has 1 aliphatic rings. The molecule has 1 aromatic carbocycles. The summed E-state index contributed by atoms with van der Waals surface area (Å²) in [7, 11) is 0. The van der Waals surface area contributed by atoms with E-state index in [0.717, 1.165) is 28.6 Å². The summed E-state index contributed by atoms with van der Waals surface area (Å²) in [5.74, 6) is -0.187. The molecular weight excluding hydrogens is 374 g/mol. The van der Waals surface area contributed by atoms with Gasteiger partial charge in [0.05, 0.1) is 6.04 Å². The molecule has 0 spiro atoms. The van der Waals surface area contributed by atoms with Crippen LogP contribution >= 0.6 is 15.9 Å². The molecule has 6 nitrogen and oxygen atoms in total. The monoisotopic (exact) mass is 397 g/mol. The lowest BCUT2D eigenvalue weighted by Gasteiger charge is -2.26. The summed E-state index contributed by atoms with van der Waals surface area (Å²) in [5.41, 5.74) is 7.74. The minimum Gasteiger partial charge on any atom is -0.381 e. The topological polar surface area (TPSA) is 93.5 Å². The van der Waals surface area contributed by atoms with Crippen LogP contribution in [0, 0.1) is 12.8 Å². The van der Waals surface area contributed by atoms with Crippen LogP contribution in [0.2, 0.25) is 0 Å². The van der Waals surface area contributed by atoms with Gasteiger partial charge in [-0.1, -0.05) is 15.9 Å². The summed E-state index contributed by atoms with van der Waals surface area (Å²) >= 11 is 3.39. The van der Waals surface area contributed by atoms with Gasteiger partial charge in [0.2, 0.25) is 11.8 Å². The Morgan fingerprint density at radius 1 is 1.38 bits per heavy atom. The summed E-state index contributed by atoms with van der Waals surface area (Å²) in [6.07, 6.45) is 1.82. The van der Waals surface area contributed by atoms with Gasteiger partial charge in [-0.15, -0.1) is 0 Å². The van der Waals surface area contributed by atoms with Crippen molar-refractivity contribution in [1.82, 2.24) is 5.32 Å². The molecule has 1 atom stereocenters. The molecule has 1 saturated heterocycles. The maximum atomic E-state index is 12.1. The molecule has 0 bridgehead atoms. The van der Waals surface area contributed by atoms with Gasteiger partial charge in [0, 0.05) is 36.3 Å². The van der Waals surface area contributed by atoms with Crippen molar-refractivity contribution >= 4 is 33.4 Å². The minimum absolute atomic E-state index is 0.139. The van der Waals surface area contributed by atoms with E-state index in [-0.39, 0.29) is 30.7 Å². The van der Waals surface area contributed by atoms with Crippen LogP contribution < -0.4 is 16.4 Å². The molecule has 2 rings (SSSR count). The Morgan fingerprint density at radius 2 is 2.08 bits per heavy atom. The summed E-state index contributed by atoms with van der Waals surface area (Å²) in [6, 6.07) is 5.11. The first-order valence-corrected chi connectivity index (χ1v) is 8.93. The summed E-state index contributed by atoms with van der Waals surface area (Å²) in [6.45, 7) is 3.51. The van der Waals surface area contributed by atoms with Crippen LogP contribution in [0.5, 0.6) is 0 Å². The first kappa shape index (κ1) is 18.9. The molecule has 132 valence electrons. The highest BCUT2D eigenvalue weighted by Crippen LogP contribution is 2.20. The number of rotatable bonds is 6. The second kappa shape index (κ2) is 9.15. The van der Waals surface area contributed by atoms with Gasteiger partial charge in [-0.05, 0) is 49.4 Å². The highest BCUT2D eigenvalue weighted by molar-refractivity contribution is 9.10. The summed E-state index contributed by atoms with van der Waals surface area (Å²) in [5, 5.41) is 5.59. The molecular formula is C17H24BrN3O3. The minimum atomic E-state index is -0.536. The maximum absolute atomic E-state index is 12.1. The molecule has 1 aliphatic heterocycles. The van der Waals surface area contributed by atoms with E-state index in [9.17, 15) is 9.59 Å². The fourth-order valence-electron chi connectivity index (χ4n) is 2.69. The SMILES string of the molecule is Cc1cc(Br)ccc1NC(=O)CCNC(=O)C(N)C1CCOCC1. The highest BCUT2D eigenvalue weighted by atomic mass is 79.9. The third kappa shape index (κ3) is 5.58. The predicted octanol–water partition coefficient (Wildman–Crippen LogP) is 1.96. The number of nitrogens with one attached hydrogen (secondary N) is 2. The molecule has 24 heavy (non-hydrogen) atoms. The van der Waals surface area contributed by atoms with Crippen molar-refractivity contribution in [1.29, 1.82) is 0 Å². The lowest BCUT2D eigenvalue weighted by molar-refractivity contribution is -0.124. The smallest absolute Gasteiger partial charge is 0.237 e. The molecule has 1 aromatic rings. The number of carbonyl (C=O) groups excluding carboxylic acids is 2. The van der Waals surface area contributed by atoms with E-state index in [1.807, 2.05) is 25.1 Å². The van der Waals surface area contributed by atoms with E-state index < -0.39 is 6.04 Å². The number of aryl methyl sites for hydroxylation is 1. The molecule has 4 N–H and O–H groups in total. The lowest BCUT2D eigenvalue weighted by Crippen LogP contribution is -2.47. The highest BCUT2D eigenvalue weighted by Gasteiger charge is 2.26. The average molecular weight is 398 g/mol. The van der Waals surface area contributed by atoms with Crippen LogP contribution in [0.15, 0.2) is 22.7 Å². The van der Waals surface area contributed by atoms with Gasteiger partial charge in [0.1, 0.15) is 0 Å². The second-order valence-corrected chi connectivity index (χ2v) is 6.94. The third-order valence-corrected chi connectivity index (χ3v) is 4.68. The zero-order valence-electron chi connectivity index (χ0n) is 13.8. The van der Waals surface area contributed by atoms with Gasteiger partial charge >= 0.3 is 0 Å². The van der Waals surface area contributed by atoms with Crippen molar-refractivity contribution in [3.63, 3.8) is 0 Å². The molecule has 0 aliphatic carbocycles. The summed E-state index contributed by atoms with van der Waals surface area (Å²) < 4.78 is 6.24. The van der Waals surface area contributed by atoms with Gasteiger partial charge in [-0.2, -0.15) is 0 Å². The fraction of sp³-hybridized carbons (Fsp3) is 0.529. The molecule has 7 heteroatoms. The molecule has 0 radical (unpaired) electrons. The molecule has 1 heterocycles. The Morgan fingerprint density at radius 3 is 2.75 bits per heavy atom. The van der Waals surface area contributed by atoms with Crippen molar-refractivity contribution in [2.75, 3.05) is 25.1 Å². The quantitative estimate of drug-likeness (QED) is 0.683. The van der Waals surface area contributed by atoms with Crippen molar-refractivity contribution < 1.29 is 14.3 Å². The number of hydrogen-bond donors (Lipinski definition) is 3. The van der Waals surface area contributed by atoms with Gasteiger partial charge in [0.15, 0.2) is 0 Å². The van der Waals surface area contributed by atoms with Gasteiger partial charge in [-0.3, -0.25) is 9.59 Å². The maximum Gasteiger partial charge on any atom is 0.237 e. The molecule has 0 aromatic heterocycles. The van der Waals surface area contributed by atoms with E-state index in [0.29, 0.717) is 13.2 Å². The number of benzene rings is 1. The van der Waals surface area contributed by atoms with Crippen LogP contribution in [0.3, 0.4) is 0 Å². The zero-order valence-corrected chi connectivity index (χ0v) is 15.4. The third-order valence-electron chi connectivity index (χ3n) is 4.19. The Bertz CT molecular complexity index is 588. The van der Waals surface area contributed by atoms with Crippen LogP contribution in [0.1, 0.15) is 24.8 Å². The number of anilines is 1. The summed E-state index contributed by atoms with van der Waals surface area (Å²) in [4.78, 5) is 24.0. The van der Waals surface area contributed by atoms with Crippen molar-refractivity contribution in [2.45, 2.75) is 32.2 Å². The first-order chi connectivity index (χ1) is 11.5. The standard InChI is InChI=1S/C17H24BrN3O3/c1-11-10-13(18)2-3-14(11)21-15(22)4-7-20-17(23)16(19)12-5-8-24-9-6-12/h2-3,10,12,16H,4-9,19H2,1H3,(H,20,23)(H,21,22). The number of ether oxygens (including phenoxy) is 1. The molecule has 1 unspecified atom stereocenters. The van der Waals surface area contributed by atoms with Gasteiger partial charge < -0.3 is 21.1 Å². The predicted molar refractivity (Wildman–Crippen MR) is 96.7 cm³/mol. The van der Waals surface area contributed by atoms with E-state index in [1.54, 1.807) is 0 Å². The number of halogens is 1. The van der Waals surface area contributed by atoms with Crippen molar-refractivity contribution in [3.05, 3.63) is 28.2 Å². The largest absolute Gasteiger partial charge is 0.381 e. The lowest BCUT2D eigenvalue weighted by atomic mass is 9.92. The number of hydrogen-bond acceptors (Lipinski definition) is 4. The molecule has 0 saturated carbocycles. The fourth-order valence-corrected chi connectivity index (χ4v) is 3.16.